The lowest BCUT2D eigenvalue weighted by Crippen LogP contribution is -2.54. The van der Waals surface area contributed by atoms with Crippen LogP contribution in [-0.2, 0) is 19.4 Å². The lowest BCUT2D eigenvalue weighted by atomic mass is 10.2. The van der Waals surface area contributed by atoms with Crippen molar-refractivity contribution in [2.45, 2.75) is 18.9 Å². The number of fused-ring (bicyclic) bond motifs is 1. The monoisotopic (exact) mass is 407 g/mol. The zero-order valence-electron chi connectivity index (χ0n) is 15.7. The third kappa shape index (κ3) is 4.00. The van der Waals surface area contributed by atoms with E-state index in [0.29, 0.717) is 50.6 Å². The topological polar surface area (TPSA) is 87.2 Å². The summed E-state index contributed by atoms with van der Waals surface area (Å²) in [6, 6.07) is 7.34. The maximum absolute atomic E-state index is 12.8. The number of piperazine rings is 1. The smallest absolute Gasteiger partial charge is 0.242 e. The average molecular weight is 407 g/mol. The van der Waals surface area contributed by atoms with Gasteiger partial charge < -0.3 is 9.64 Å². The zero-order chi connectivity index (χ0) is 19.7. The quantitative estimate of drug-likeness (QED) is 0.708. The number of sulfone groups is 1. The minimum Gasteiger partial charge on any atom is -0.491 e. The molecule has 1 aromatic carbocycles. The fourth-order valence-corrected chi connectivity index (χ4v) is 5.89. The molecule has 152 valence electrons. The molecule has 28 heavy (non-hydrogen) atoms. The number of hydrogen-bond acceptors (Lipinski definition) is 6. The Morgan fingerprint density at radius 1 is 1.14 bits per heavy atom. The van der Waals surface area contributed by atoms with Gasteiger partial charge in [0.25, 0.3) is 0 Å². The molecule has 1 aromatic rings. The summed E-state index contributed by atoms with van der Waals surface area (Å²) in [6.45, 7) is 2.74. The first-order valence-corrected chi connectivity index (χ1v) is 11.5. The van der Waals surface area contributed by atoms with Crippen LogP contribution in [0.4, 0.5) is 5.69 Å². The van der Waals surface area contributed by atoms with Crippen molar-refractivity contribution in [1.82, 2.24) is 9.80 Å². The van der Waals surface area contributed by atoms with E-state index < -0.39 is 9.84 Å². The van der Waals surface area contributed by atoms with Crippen molar-refractivity contribution in [3.05, 3.63) is 24.3 Å². The summed E-state index contributed by atoms with van der Waals surface area (Å²) in [5, 5.41) is 0. The van der Waals surface area contributed by atoms with Crippen LogP contribution in [0.15, 0.2) is 24.3 Å². The van der Waals surface area contributed by atoms with Crippen molar-refractivity contribution in [1.29, 1.82) is 0 Å². The Hall–Kier alpha value is -2.13. The highest BCUT2D eigenvalue weighted by molar-refractivity contribution is 7.91. The van der Waals surface area contributed by atoms with Gasteiger partial charge in [0.05, 0.1) is 30.2 Å². The normalized spacial score (nSPS) is 25.1. The Morgan fingerprint density at radius 3 is 2.61 bits per heavy atom. The second kappa shape index (κ2) is 7.71. The standard InChI is InChI=1S/C19H25N3O5S/c23-18-5-11-27-17-4-2-1-3-16(17)22(18)13-19(24)21-9-7-20(8-10-21)15-6-12-28(25,26)14-15/h1-4,15H,5-14H2. The number of amides is 2. The van der Waals surface area contributed by atoms with Crippen LogP contribution in [0.5, 0.6) is 5.75 Å². The average Bonchev–Trinajstić information content (AvgIpc) is 2.98. The fourth-order valence-electron chi connectivity index (χ4n) is 4.13. The van der Waals surface area contributed by atoms with Crippen LogP contribution in [0.25, 0.3) is 0 Å². The molecule has 3 heterocycles. The van der Waals surface area contributed by atoms with E-state index in [0.717, 1.165) is 0 Å². The number of carbonyl (C=O) groups excluding carboxylic acids is 2. The van der Waals surface area contributed by atoms with Crippen LogP contribution in [0.2, 0.25) is 0 Å². The van der Waals surface area contributed by atoms with Crippen molar-refractivity contribution >= 4 is 27.3 Å². The van der Waals surface area contributed by atoms with Gasteiger partial charge in [-0.15, -0.1) is 0 Å². The predicted molar refractivity (Wildman–Crippen MR) is 104 cm³/mol. The Balaban J connectivity index is 1.38. The van der Waals surface area contributed by atoms with E-state index in [1.54, 1.807) is 17.0 Å². The minimum atomic E-state index is -2.91. The third-order valence-corrected chi connectivity index (χ3v) is 7.47. The molecule has 2 fully saturated rings. The van der Waals surface area contributed by atoms with E-state index in [1.807, 2.05) is 12.1 Å². The molecule has 4 rings (SSSR count). The maximum atomic E-state index is 12.8. The Kier molecular flexibility index (Phi) is 5.29. The Morgan fingerprint density at radius 2 is 1.89 bits per heavy atom. The summed E-state index contributed by atoms with van der Waals surface area (Å²) in [7, 11) is -2.91. The highest BCUT2D eigenvalue weighted by Gasteiger charge is 2.35. The molecule has 0 radical (unpaired) electrons. The Bertz CT molecular complexity index is 864. The second-order valence-corrected chi connectivity index (χ2v) is 9.75. The summed E-state index contributed by atoms with van der Waals surface area (Å²) in [5.74, 6) is 0.889. The van der Waals surface area contributed by atoms with Crippen molar-refractivity contribution in [3.63, 3.8) is 0 Å². The molecular formula is C19H25N3O5S. The maximum Gasteiger partial charge on any atom is 0.242 e. The highest BCUT2D eigenvalue weighted by Crippen LogP contribution is 2.31. The molecule has 0 bridgehead atoms. The Labute approximate surface area is 164 Å². The molecule has 3 aliphatic heterocycles. The number of benzene rings is 1. The summed E-state index contributed by atoms with van der Waals surface area (Å²) < 4.78 is 29.0. The van der Waals surface area contributed by atoms with Crippen LogP contribution in [0.3, 0.4) is 0 Å². The van der Waals surface area contributed by atoms with Gasteiger partial charge in [0.1, 0.15) is 12.3 Å². The van der Waals surface area contributed by atoms with Gasteiger partial charge in [0.15, 0.2) is 9.84 Å². The number of ether oxygens (including phenoxy) is 1. The number of carbonyl (C=O) groups is 2. The van der Waals surface area contributed by atoms with Gasteiger partial charge in [-0.05, 0) is 18.6 Å². The SMILES string of the molecule is O=C(CN1C(=O)CCOc2ccccc21)N1CCN(C2CCS(=O)(=O)C2)CC1. The molecule has 0 N–H and O–H groups in total. The largest absolute Gasteiger partial charge is 0.491 e. The molecule has 2 amide bonds. The van der Waals surface area contributed by atoms with Crippen molar-refractivity contribution in [3.8, 4) is 5.75 Å². The molecule has 1 atom stereocenters. The summed E-state index contributed by atoms with van der Waals surface area (Å²) >= 11 is 0. The molecule has 0 saturated carbocycles. The first-order valence-electron chi connectivity index (χ1n) is 9.67. The van der Waals surface area contributed by atoms with Gasteiger partial charge in [0, 0.05) is 32.2 Å². The molecular weight excluding hydrogens is 382 g/mol. The lowest BCUT2D eigenvalue weighted by Gasteiger charge is -2.38. The van der Waals surface area contributed by atoms with Crippen LogP contribution in [0.1, 0.15) is 12.8 Å². The van der Waals surface area contributed by atoms with E-state index in [2.05, 4.69) is 4.90 Å². The number of anilines is 1. The van der Waals surface area contributed by atoms with E-state index in [-0.39, 0.29) is 42.3 Å². The van der Waals surface area contributed by atoms with Crippen molar-refractivity contribution in [2.75, 3.05) is 55.7 Å². The molecule has 8 nitrogen and oxygen atoms in total. The van der Waals surface area contributed by atoms with Crippen LogP contribution < -0.4 is 9.64 Å². The summed E-state index contributed by atoms with van der Waals surface area (Å²) in [5.41, 5.74) is 0.633. The molecule has 3 aliphatic rings. The highest BCUT2D eigenvalue weighted by atomic mass is 32.2. The molecule has 0 aliphatic carbocycles. The third-order valence-electron chi connectivity index (χ3n) is 5.72. The van der Waals surface area contributed by atoms with E-state index in [9.17, 15) is 18.0 Å². The molecule has 1 unspecified atom stereocenters. The minimum absolute atomic E-state index is 0.00296. The lowest BCUT2D eigenvalue weighted by molar-refractivity contribution is -0.133. The number of nitrogens with zero attached hydrogens (tertiary/aromatic N) is 3. The van der Waals surface area contributed by atoms with Gasteiger partial charge in [-0.1, -0.05) is 12.1 Å². The zero-order valence-corrected chi connectivity index (χ0v) is 16.6. The molecule has 2 saturated heterocycles. The van der Waals surface area contributed by atoms with E-state index in [4.69, 9.17) is 4.74 Å². The van der Waals surface area contributed by atoms with Gasteiger partial charge in [0.2, 0.25) is 11.8 Å². The molecule has 9 heteroatoms. The molecule has 0 spiro atoms. The predicted octanol–water partition coefficient (Wildman–Crippen LogP) is 0.133. The van der Waals surface area contributed by atoms with E-state index in [1.165, 1.54) is 4.90 Å². The molecule has 0 aromatic heterocycles. The van der Waals surface area contributed by atoms with Gasteiger partial charge in [-0.3, -0.25) is 19.4 Å². The first-order chi connectivity index (χ1) is 13.4. The van der Waals surface area contributed by atoms with E-state index >= 15 is 0 Å². The van der Waals surface area contributed by atoms with Gasteiger partial charge >= 0.3 is 0 Å². The van der Waals surface area contributed by atoms with Crippen LogP contribution in [-0.4, -0.2) is 86.9 Å². The number of para-hydroxylation sites is 2. The van der Waals surface area contributed by atoms with Crippen LogP contribution >= 0.6 is 0 Å². The fraction of sp³-hybridized carbons (Fsp3) is 0.579. The first kappa shape index (κ1) is 19.2. The van der Waals surface area contributed by atoms with Crippen molar-refractivity contribution < 1.29 is 22.7 Å². The van der Waals surface area contributed by atoms with Gasteiger partial charge in [-0.25, -0.2) is 8.42 Å². The summed E-state index contributed by atoms with van der Waals surface area (Å²) in [6.07, 6.45) is 0.918. The van der Waals surface area contributed by atoms with Crippen molar-refractivity contribution in [2.24, 2.45) is 0 Å². The van der Waals surface area contributed by atoms with Gasteiger partial charge in [-0.2, -0.15) is 0 Å². The number of rotatable bonds is 3. The number of hydrogen-bond donors (Lipinski definition) is 0. The summed E-state index contributed by atoms with van der Waals surface area (Å²) in [4.78, 5) is 30.8. The second-order valence-electron chi connectivity index (χ2n) is 7.52. The van der Waals surface area contributed by atoms with Crippen LogP contribution in [0, 0.1) is 0 Å².